The summed E-state index contributed by atoms with van der Waals surface area (Å²) in [5.41, 5.74) is 12.3. The Morgan fingerprint density at radius 3 is 2.33 bits per heavy atom. The normalized spacial score (nSPS) is 23.3. The van der Waals surface area contributed by atoms with Gasteiger partial charge in [-0.2, -0.15) is 0 Å². The summed E-state index contributed by atoms with van der Waals surface area (Å²) >= 11 is 0. The van der Waals surface area contributed by atoms with Crippen LogP contribution in [0.15, 0.2) is 30.3 Å². The first-order valence-electron chi connectivity index (χ1n) is 7.45. The molecule has 0 spiro atoms. The molecule has 0 aromatic heterocycles. The summed E-state index contributed by atoms with van der Waals surface area (Å²) in [6.45, 7) is 0. The quantitative estimate of drug-likeness (QED) is 0.744. The van der Waals surface area contributed by atoms with Gasteiger partial charge < -0.3 is 16.8 Å². The highest BCUT2D eigenvalue weighted by molar-refractivity contribution is 5.82. The van der Waals surface area contributed by atoms with E-state index in [1.165, 1.54) is 0 Å². The van der Waals surface area contributed by atoms with E-state index < -0.39 is 6.04 Å². The summed E-state index contributed by atoms with van der Waals surface area (Å²) in [4.78, 5) is 23.2. The number of primary amides is 1. The third kappa shape index (κ3) is 4.56. The molecule has 1 fully saturated rings. The predicted molar refractivity (Wildman–Crippen MR) is 81.2 cm³/mol. The first kappa shape index (κ1) is 15.5. The van der Waals surface area contributed by atoms with Crippen LogP contribution in [0.1, 0.15) is 31.2 Å². The number of benzene rings is 1. The maximum atomic E-state index is 12.1. The average Bonchev–Trinajstić information content (AvgIpc) is 2.48. The van der Waals surface area contributed by atoms with E-state index in [0.29, 0.717) is 6.42 Å². The molecule has 0 radical (unpaired) electrons. The number of hydrogen-bond acceptors (Lipinski definition) is 3. The Morgan fingerprint density at radius 2 is 1.76 bits per heavy atom. The predicted octanol–water partition coefficient (Wildman–Crippen LogP) is 0.717. The topological polar surface area (TPSA) is 98.2 Å². The van der Waals surface area contributed by atoms with Gasteiger partial charge in [0.15, 0.2) is 0 Å². The molecule has 1 saturated carbocycles. The van der Waals surface area contributed by atoms with Crippen LogP contribution in [-0.4, -0.2) is 23.9 Å². The number of amides is 2. The molecule has 0 unspecified atom stereocenters. The second-order valence-electron chi connectivity index (χ2n) is 5.76. The van der Waals surface area contributed by atoms with Gasteiger partial charge in [0.1, 0.15) is 0 Å². The number of rotatable bonds is 5. The molecular formula is C16H23N3O2. The van der Waals surface area contributed by atoms with Gasteiger partial charge in [0.05, 0.1) is 6.04 Å². The minimum Gasteiger partial charge on any atom is -0.369 e. The minimum absolute atomic E-state index is 0.0452. The maximum Gasteiger partial charge on any atom is 0.237 e. The van der Waals surface area contributed by atoms with Crippen molar-refractivity contribution in [3.05, 3.63) is 35.9 Å². The van der Waals surface area contributed by atoms with Crippen LogP contribution in [0.5, 0.6) is 0 Å². The molecule has 0 bridgehead atoms. The van der Waals surface area contributed by atoms with E-state index >= 15 is 0 Å². The summed E-state index contributed by atoms with van der Waals surface area (Å²) in [7, 11) is 0. The van der Waals surface area contributed by atoms with Crippen molar-refractivity contribution >= 4 is 11.8 Å². The lowest BCUT2D eigenvalue weighted by Crippen LogP contribution is -2.47. The smallest absolute Gasteiger partial charge is 0.237 e. The molecule has 0 aliphatic heterocycles. The van der Waals surface area contributed by atoms with Gasteiger partial charge in [-0.3, -0.25) is 9.59 Å². The fourth-order valence-corrected chi connectivity index (χ4v) is 2.79. The number of carbonyl (C=O) groups is 2. The van der Waals surface area contributed by atoms with Gasteiger partial charge in [-0.25, -0.2) is 0 Å². The van der Waals surface area contributed by atoms with Gasteiger partial charge in [-0.15, -0.1) is 0 Å². The molecule has 1 aromatic carbocycles. The SMILES string of the molecule is NC(=O)C1CCC(NC(=O)[C@H](N)Cc2ccccc2)CC1. The lowest BCUT2D eigenvalue weighted by Gasteiger charge is -2.28. The summed E-state index contributed by atoms with van der Waals surface area (Å²) in [5.74, 6) is -0.405. The monoisotopic (exact) mass is 289 g/mol. The molecule has 5 heteroatoms. The van der Waals surface area contributed by atoms with Crippen LogP contribution in [0.2, 0.25) is 0 Å². The Hall–Kier alpha value is -1.88. The van der Waals surface area contributed by atoms with Crippen molar-refractivity contribution in [2.45, 2.75) is 44.2 Å². The second kappa shape index (κ2) is 7.22. The van der Waals surface area contributed by atoms with Crippen LogP contribution >= 0.6 is 0 Å². The molecule has 1 aromatic rings. The van der Waals surface area contributed by atoms with Crippen molar-refractivity contribution in [3.63, 3.8) is 0 Å². The summed E-state index contributed by atoms with van der Waals surface area (Å²) in [6, 6.07) is 9.30. The molecular weight excluding hydrogens is 266 g/mol. The second-order valence-corrected chi connectivity index (χ2v) is 5.76. The highest BCUT2D eigenvalue weighted by atomic mass is 16.2. The average molecular weight is 289 g/mol. The summed E-state index contributed by atoms with van der Waals surface area (Å²) in [5, 5.41) is 2.98. The Balaban J connectivity index is 1.78. The fourth-order valence-electron chi connectivity index (χ4n) is 2.79. The van der Waals surface area contributed by atoms with Crippen LogP contribution in [0.4, 0.5) is 0 Å². The van der Waals surface area contributed by atoms with Crippen LogP contribution < -0.4 is 16.8 Å². The number of nitrogens with one attached hydrogen (secondary N) is 1. The number of nitrogens with two attached hydrogens (primary N) is 2. The summed E-state index contributed by atoms with van der Waals surface area (Å²) in [6.07, 6.45) is 3.60. The largest absolute Gasteiger partial charge is 0.369 e. The third-order valence-electron chi connectivity index (χ3n) is 4.11. The van der Waals surface area contributed by atoms with Crippen molar-refractivity contribution in [2.75, 3.05) is 0 Å². The fraction of sp³-hybridized carbons (Fsp3) is 0.500. The molecule has 1 atom stereocenters. The van der Waals surface area contributed by atoms with Crippen molar-refractivity contribution in [2.24, 2.45) is 17.4 Å². The molecule has 5 N–H and O–H groups in total. The van der Waals surface area contributed by atoms with E-state index in [-0.39, 0.29) is 23.8 Å². The van der Waals surface area contributed by atoms with Gasteiger partial charge in [0, 0.05) is 12.0 Å². The Labute approximate surface area is 125 Å². The van der Waals surface area contributed by atoms with Crippen LogP contribution in [0, 0.1) is 5.92 Å². The summed E-state index contributed by atoms with van der Waals surface area (Å²) < 4.78 is 0. The zero-order valence-corrected chi connectivity index (χ0v) is 12.1. The van der Waals surface area contributed by atoms with Gasteiger partial charge in [0.2, 0.25) is 11.8 Å². The van der Waals surface area contributed by atoms with Crippen LogP contribution in [0.25, 0.3) is 0 Å². The lowest BCUT2D eigenvalue weighted by molar-refractivity contribution is -0.123. The zero-order chi connectivity index (χ0) is 15.2. The highest BCUT2D eigenvalue weighted by Gasteiger charge is 2.26. The van der Waals surface area contributed by atoms with Crippen molar-refractivity contribution in [1.82, 2.24) is 5.32 Å². The molecule has 114 valence electrons. The van der Waals surface area contributed by atoms with Gasteiger partial charge in [-0.1, -0.05) is 30.3 Å². The van der Waals surface area contributed by atoms with Crippen LogP contribution in [0.3, 0.4) is 0 Å². The van der Waals surface area contributed by atoms with E-state index in [4.69, 9.17) is 11.5 Å². The van der Waals surface area contributed by atoms with Gasteiger partial charge >= 0.3 is 0 Å². The van der Waals surface area contributed by atoms with E-state index in [9.17, 15) is 9.59 Å². The van der Waals surface area contributed by atoms with E-state index in [1.54, 1.807) is 0 Å². The van der Waals surface area contributed by atoms with Gasteiger partial charge in [0.25, 0.3) is 0 Å². The van der Waals surface area contributed by atoms with Crippen molar-refractivity contribution in [3.8, 4) is 0 Å². The first-order chi connectivity index (χ1) is 10.1. The number of carbonyl (C=O) groups excluding carboxylic acids is 2. The maximum absolute atomic E-state index is 12.1. The van der Waals surface area contributed by atoms with E-state index in [0.717, 1.165) is 31.2 Å². The Morgan fingerprint density at radius 1 is 1.14 bits per heavy atom. The van der Waals surface area contributed by atoms with Gasteiger partial charge in [-0.05, 0) is 37.7 Å². The number of hydrogen-bond donors (Lipinski definition) is 3. The van der Waals surface area contributed by atoms with Crippen molar-refractivity contribution in [1.29, 1.82) is 0 Å². The molecule has 1 aliphatic carbocycles. The first-order valence-corrected chi connectivity index (χ1v) is 7.45. The standard InChI is InChI=1S/C16H23N3O2/c17-14(10-11-4-2-1-3-5-11)16(21)19-13-8-6-12(7-9-13)15(18)20/h1-5,12-14H,6-10,17H2,(H2,18,20)(H,19,21)/t12?,13?,14-/m1/s1. The lowest BCUT2D eigenvalue weighted by atomic mass is 9.85. The molecule has 2 rings (SSSR count). The van der Waals surface area contributed by atoms with E-state index in [2.05, 4.69) is 5.32 Å². The van der Waals surface area contributed by atoms with Crippen molar-refractivity contribution < 1.29 is 9.59 Å². The highest BCUT2D eigenvalue weighted by Crippen LogP contribution is 2.23. The van der Waals surface area contributed by atoms with E-state index in [1.807, 2.05) is 30.3 Å². The molecule has 5 nitrogen and oxygen atoms in total. The Bertz CT molecular complexity index is 482. The molecule has 2 amide bonds. The third-order valence-corrected chi connectivity index (χ3v) is 4.11. The zero-order valence-electron chi connectivity index (χ0n) is 12.1. The molecule has 0 saturated heterocycles. The molecule has 1 aliphatic rings. The minimum atomic E-state index is -0.540. The molecule has 0 heterocycles. The van der Waals surface area contributed by atoms with Crippen LogP contribution in [-0.2, 0) is 16.0 Å². The molecule has 21 heavy (non-hydrogen) atoms. The Kier molecular flexibility index (Phi) is 5.33.